The molecule has 25 heavy (non-hydrogen) atoms. The van der Waals surface area contributed by atoms with Crippen LogP contribution in [0.25, 0.3) is 0 Å². The Labute approximate surface area is 151 Å². The van der Waals surface area contributed by atoms with Crippen LogP contribution in [0.15, 0.2) is 35.3 Å². The molecule has 6 nitrogen and oxygen atoms in total. The van der Waals surface area contributed by atoms with E-state index in [1.807, 2.05) is 6.07 Å². The van der Waals surface area contributed by atoms with Gasteiger partial charge in [0.05, 0.1) is 11.5 Å². The summed E-state index contributed by atoms with van der Waals surface area (Å²) in [5.41, 5.74) is 1.31. The Morgan fingerprint density at radius 3 is 2.68 bits per heavy atom. The van der Waals surface area contributed by atoms with Gasteiger partial charge in [0.15, 0.2) is 15.8 Å². The summed E-state index contributed by atoms with van der Waals surface area (Å²) in [6.07, 6.45) is 1.63. The number of nitrogens with one attached hydrogen (secondary N) is 2. The highest BCUT2D eigenvalue weighted by molar-refractivity contribution is 7.91. The molecule has 7 heteroatoms. The van der Waals surface area contributed by atoms with Gasteiger partial charge in [-0.25, -0.2) is 8.42 Å². The van der Waals surface area contributed by atoms with Crippen LogP contribution >= 0.6 is 0 Å². The lowest BCUT2D eigenvalue weighted by atomic mass is 10.1. The number of hydrogen-bond acceptors (Lipinski definition) is 4. The molecule has 0 aromatic heterocycles. The second kappa shape index (κ2) is 9.20. The van der Waals surface area contributed by atoms with Crippen LogP contribution in [0.1, 0.15) is 25.3 Å². The molecule has 0 aliphatic carbocycles. The van der Waals surface area contributed by atoms with Gasteiger partial charge in [-0.15, -0.1) is 0 Å². The molecule has 1 aliphatic rings. The lowest BCUT2D eigenvalue weighted by molar-refractivity contribution is 0.238. The standard InChI is InChI=1S/C18H30N4O2S/c1-15(22(3)13-16-7-5-4-6-8-16)9-11-20-18(19-2)21-17-10-12-25(23,24)14-17/h4-8,15,17H,9-14H2,1-3H3,(H2,19,20,21). The predicted octanol–water partition coefficient (Wildman–Crippen LogP) is 1.25. The van der Waals surface area contributed by atoms with Gasteiger partial charge in [-0.1, -0.05) is 30.3 Å². The highest BCUT2D eigenvalue weighted by Crippen LogP contribution is 2.11. The Kier molecular flexibility index (Phi) is 7.25. The maximum absolute atomic E-state index is 11.5. The highest BCUT2D eigenvalue weighted by Gasteiger charge is 2.28. The van der Waals surface area contributed by atoms with Crippen molar-refractivity contribution in [2.45, 2.75) is 38.4 Å². The van der Waals surface area contributed by atoms with Gasteiger partial charge in [0, 0.05) is 32.2 Å². The molecule has 0 saturated carbocycles. The molecule has 0 spiro atoms. The fourth-order valence-corrected chi connectivity index (χ4v) is 4.62. The smallest absolute Gasteiger partial charge is 0.191 e. The largest absolute Gasteiger partial charge is 0.356 e. The molecule has 2 atom stereocenters. The van der Waals surface area contributed by atoms with Gasteiger partial charge in [-0.3, -0.25) is 9.89 Å². The second-order valence-electron chi connectivity index (χ2n) is 6.78. The molecule has 0 radical (unpaired) electrons. The zero-order valence-corrected chi connectivity index (χ0v) is 16.2. The molecule has 1 saturated heterocycles. The Morgan fingerprint density at radius 2 is 2.08 bits per heavy atom. The molecule has 1 fully saturated rings. The summed E-state index contributed by atoms with van der Waals surface area (Å²) in [6, 6.07) is 10.8. The van der Waals surface area contributed by atoms with E-state index in [1.54, 1.807) is 7.05 Å². The molecule has 2 N–H and O–H groups in total. The van der Waals surface area contributed by atoms with Gasteiger partial charge in [0.2, 0.25) is 0 Å². The summed E-state index contributed by atoms with van der Waals surface area (Å²) in [4.78, 5) is 6.52. The first-order valence-corrected chi connectivity index (χ1v) is 10.6. The van der Waals surface area contributed by atoms with Gasteiger partial charge in [-0.2, -0.15) is 0 Å². The first kappa shape index (κ1) is 19.7. The monoisotopic (exact) mass is 366 g/mol. The fraction of sp³-hybridized carbons (Fsp3) is 0.611. The third-order valence-electron chi connectivity index (χ3n) is 4.68. The van der Waals surface area contributed by atoms with E-state index in [1.165, 1.54) is 5.56 Å². The van der Waals surface area contributed by atoms with Crippen molar-refractivity contribution >= 4 is 15.8 Å². The summed E-state index contributed by atoms with van der Waals surface area (Å²) in [7, 11) is 0.969. The van der Waals surface area contributed by atoms with Gasteiger partial charge in [-0.05, 0) is 32.4 Å². The van der Waals surface area contributed by atoms with Crippen molar-refractivity contribution in [3.63, 3.8) is 0 Å². The molecule has 1 aromatic rings. The van der Waals surface area contributed by atoms with Crippen molar-refractivity contribution < 1.29 is 8.42 Å². The Morgan fingerprint density at radius 1 is 1.36 bits per heavy atom. The number of sulfone groups is 1. The van der Waals surface area contributed by atoms with Crippen LogP contribution in [0.5, 0.6) is 0 Å². The lowest BCUT2D eigenvalue weighted by Gasteiger charge is -2.25. The maximum Gasteiger partial charge on any atom is 0.191 e. The Bertz CT molecular complexity index is 661. The van der Waals surface area contributed by atoms with E-state index in [4.69, 9.17) is 0 Å². The van der Waals surface area contributed by atoms with Gasteiger partial charge in [0.25, 0.3) is 0 Å². The van der Waals surface area contributed by atoms with Gasteiger partial charge < -0.3 is 10.6 Å². The van der Waals surface area contributed by atoms with Gasteiger partial charge >= 0.3 is 0 Å². The molecular weight excluding hydrogens is 336 g/mol. The fourth-order valence-electron chi connectivity index (χ4n) is 2.94. The average Bonchev–Trinajstić information content (AvgIpc) is 2.93. The van der Waals surface area contributed by atoms with Crippen LogP contribution in [0.3, 0.4) is 0 Å². The third-order valence-corrected chi connectivity index (χ3v) is 6.45. The second-order valence-corrected chi connectivity index (χ2v) is 9.01. The zero-order chi connectivity index (χ0) is 18.3. The van der Waals surface area contributed by atoms with Crippen LogP contribution in [0, 0.1) is 0 Å². The van der Waals surface area contributed by atoms with Crippen molar-refractivity contribution in [1.82, 2.24) is 15.5 Å². The summed E-state index contributed by atoms with van der Waals surface area (Å²) >= 11 is 0. The molecule has 0 bridgehead atoms. The average molecular weight is 367 g/mol. The van der Waals surface area contributed by atoms with Crippen molar-refractivity contribution in [3.8, 4) is 0 Å². The predicted molar refractivity (Wildman–Crippen MR) is 104 cm³/mol. The zero-order valence-electron chi connectivity index (χ0n) is 15.4. The molecule has 140 valence electrons. The van der Waals surface area contributed by atoms with E-state index in [-0.39, 0.29) is 17.5 Å². The van der Waals surface area contributed by atoms with Crippen molar-refractivity contribution in [2.75, 3.05) is 32.1 Å². The van der Waals surface area contributed by atoms with Crippen molar-refractivity contribution in [2.24, 2.45) is 4.99 Å². The summed E-state index contributed by atoms with van der Waals surface area (Å²) in [5, 5.41) is 6.50. The number of nitrogens with zero attached hydrogens (tertiary/aromatic N) is 2. The first-order valence-electron chi connectivity index (χ1n) is 8.81. The Balaban J connectivity index is 1.71. The van der Waals surface area contributed by atoms with Crippen molar-refractivity contribution in [3.05, 3.63) is 35.9 Å². The van der Waals surface area contributed by atoms with E-state index in [0.29, 0.717) is 18.4 Å². The highest BCUT2D eigenvalue weighted by atomic mass is 32.2. The minimum absolute atomic E-state index is 0.0330. The molecule has 1 aromatic carbocycles. The van der Waals surface area contributed by atoms with Crippen LogP contribution in [-0.2, 0) is 16.4 Å². The normalized spacial score (nSPS) is 21.3. The van der Waals surface area contributed by atoms with Crippen LogP contribution in [-0.4, -0.2) is 63.5 Å². The molecular formula is C18H30N4O2S. The van der Waals surface area contributed by atoms with Crippen LogP contribution in [0.2, 0.25) is 0 Å². The number of benzene rings is 1. The van der Waals surface area contributed by atoms with E-state index < -0.39 is 9.84 Å². The number of aliphatic imine (C=N–C) groups is 1. The quantitative estimate of drug-likeness (QED) is 0.561. The molecule has 2 rings (SSSR count). The molecule has 1 aliphatic heterocycles. The van der Waals surface area contributed by atoms with Crippen molar-refractivity contribution in [1.29, 1.82) is 0 Å². The Hall–Kier alpha value is -1.60. The summed E-state index contributed by atoms with van der Waals surface area (Å²) < 4.78 is 23.1. The first-order chi connectivity index (χ1) is 11.9. The number of rotatable bonds is 7. The SMILES string of the molecule is CN=C(NCCC(C)N(C)Cc1ccccc1)NC1CCS(=O)(=O)C1. The van der Waals surface area contributed by atoms with Crippen LogP contribution < -0.4 is 10.6 Å². The number of guanidine groups is 1. The molecule has 0 amide bonds. The van der Waals surface area contributed by atoms with E-state index in [0.717, 1.165) is 19.5 Å². The molecule has 1 heterocycles. The minimum Gasteiger partial charge on any atom is -0.356 e. The lowest BCUT2D eigenvalue weighted by Crippen LogP contribution is -2.45. The van der Waals surface area contributed by atoms with E-state index in [9.17, 15) is 8.42 Å². The topological polar surface area (TPSA) is 73.8 Å². The summed E-state index contributed by atoms with van der Waals surface area (Å²) in [5.74, 6) is 1.15. The van der Waals surface area contributed by atoms with Crippen LogP contribution in [0.4, 0.5) is 0 Å². The summed E-state index contributed by atoms with van der Waals surface area (Å²) in [6.45, 7) is 3.93. The minimum atomic E-state index is -2.88. The maximum atomic E-state index is 11.5. The molecule has 2 unspecified atom stereocenters. The third kappa shape index (κ3) is 6.66. The van der Waals surface area contributed by atoms with E-state index in [2.05, 4.69) is 58.8 Å². The number of hydrogen-bond donors (Lipinski definition) is 2. The van der Waals surface area contributed by atoms with E-state index >= 15 is 0 Å². The van der Waals surface area contributed by atoms with Gasteiger partial charge in [0.1, 0.15) is 0 Å².